The van der Waals surface area contributed by atoms with Crippen LogP contribution in [0.25, 0.3) is 0 Å². The van der Waals surface area contributed by atoms with E-state index in [0.29, 0.717) is 19.0 Å². The Morgan fingerprint density at radius 2 is 1.62 bits per heavy atom. The summed E-state index contributed by atoms with van der Waals surface area (Å²) in [4.78, 5) is 24.1. The number of hydrogen-bond donors (Lipinski definition) is 0. The van der Waals surface area contributed by atoms with Gasteiger partial charge in [-0.25, -0.2) is 9.59 Å². The average Bonchev–Trinajstić information content (AvgIpc) is 2.99. The van der Waals surface area contributed by atoms with Gasteiger partial charge in [-0.15, -0.1) is 0 Å². The number of rotatable bonds is 8. The molecular formula is C14H23NO6. The van der Waals surface area contributed by atoms with Crippen molar-refractivity contribution in [2.45, 2.75) is 38.9 Å². The van der Waals surface area contributed by atoms with Crippen molar-refractivity contribution in [2.75, 3.05) is 32.8 Å². The van der Waals surface area contributed by atoms with Crippen molar-refractivity contribution in [3.63, 3.8) is 0 Å². The topological polar surface area (TPSA) is 74.3 Å². The third kappa shape index (κ3) is 5.08. The van der Waals surface area contributed by atoms with E-state index in [1.165, 1.54) is 0 Å². The molecule has 0 spiro atoms. The van der Waals surface area contributed by atoms with Gasteiger partial charge in [0.15, 0.2) is 12.2 Å². The lowest BCUT2D eigenvalue weighted by molar-refractivity contribution is 0.0693. The van der Waals surface area contributed by atoms with Crippen molar-refractivity contribution in [3.05, 3.63) is 0 Å². The molecule has 0 bridgehead atoms. The van der Waals surface area contributed by atoms with E-state index in [9.17, 15) is 9.59 Å². The maximum Gasteiger partial charge on any atom is 0.508 e. The summed E-state index contributed by atoms with van der Waals surface area (Å²) in [7, 11) is 0. The minimum Gasteiger partial charge on any atom is -0.430 e. The molecule has 2 saturated heterocycles. The summed E-state index contributed by atoms with van der Waals surface area (Å²) in [5, 5.41) is 0. The van der Waals surface area contributed by atoms with Gasteiger partial charge in [-0.3, -0.25) is 4.90 Å². The summed E-state index contributed by atoms with van der Waals surface area (Å²) in [5.41, 5.74) is 0. The van der Waals surface area contributed by atoms with Gasteiger partial charge < -0.3 is 18.9 Å². The minimum absolute atomic E-state index is 0.260. The number of nitrogens with zero attached hydrogens (tertiary/aromatic N) is 1. The van der Waals surface area contributed by atoms with Gasteiger partial charge in [0.25, 0.3) is 0 Å². The first-order chi connectivity index (χ1) is 10.1. The van der Waals surface area contributed by atoms with E-state index in [-0.39, 0.29) is 25.4 Å². The van der Waals surface area contributed by atoms with Crippen LogP contribution in [-0.4, -0.2) is 62.3 Å². The predicted molar refractivity (Wildman–Crippen MR) is 73.0 cm³/mol. The molecule has 3 atom stereocenters. The van der Waals surface area contributed by atoms with Crippen LogP contribution in [0.2, 0.25) is 0 Å². The highest BCUT2D eigenvalue weighted by atomic mass is 16.8. The number of carbonyl (C=O) groups excluding carboxylic acids is 2. The molecule has 2 rings (SSSR count). The third-order valence-corrected chi connectivity index (χ3v) is 3.57. The number of carbonyl (C=O) groups is 2. The van der Waals surface area contributed by atoms with Crippen LogP contribution in [0.15, 0.2) is 0 Å². The zero-order valence-electron chi connectivity index (χ0n) is 12.6. The fourth-order valence-electron chi connectivity index (χ4n) is 2.73. The Morgan fingerprint density at radius 3 is 2.00 bits per heavy atom. The Balaban J connectivity index is 1.86. The molecule has 0 aromatic heterocycles. The average molecular weight is 301 g/mol. The van der Waals surface area contributed by atoms with Crippen LogP contribution in [0.3, 0.4) is 0 Å². The highest BCUT2D eigenvalue weighted by Crippen LogP contribution is 2.15. The molecule has 0 radical (unpaired) electrons. The second-order valence-corrected chi connectivity index (χ2v) is 5.71. The fourth-order valence-corrected chi connectivity index (χ4v) is 2.73. The number of hydrogen-bond acceptors (Lipinski definition) is 7. The molecule has 0 N–H and O–H groups in total. The van der Waals surface area contributed by atoms with Crippen molar-refractivity contribution in [1.29, 1.82) is 0 Å². The molecule has 7 nitrogen and oxygen atoms in total. The van der Waals surface area contributed by atoms with Gasteiger partial charge in [-0.05, 0) is 12.3 Å². The molecule has 0 aromatic carbocycles. The van der Waals surface area contributed by atoms with Crippen LogP contribution in [0, 0.1) is 5.92 Å². The van der Waals surface area contributed by atoms with Crippen LogP contribution in [-0.2, 0) is 18.9 Å². The smallest absolute Gasteiger partial charge is 0.430 e. The summed E-state index contributed by atoms with van der Waals surface area (Å²) < 4.78 is 19.8. The zero-order valence-corrected chi connectivity index (χ0v) is 12.6. The first-order valence-corrected chi connectivity index (χ1v) is 7.46. The third-order valence-electron chi connectivity index (χ3n) is 3.57. The number of cyclic esters (lactones) is 4. The Labute approximate surface area is 124 Å². The van der Waals surface area contributed by atoms with Gasteiger partial charge in [0.2, 0.25) is 0 Å². The largest absolute Gasteiger partial charge is 0.508 e. The van der Waals surface area contributed by atoms with Crippen LogP contribution < -0.4 is 0 Å². The first-order valence-electron chi connectivity index (χ1n) is 7.46. The summed E-state index contributed by atoms with van der Waals surface area (Å²) in [6.45, 7) is 6.90. The molecule has 2 aliphatic rings. The molecule has 21 heavy (non-hydrogen) atoms. The molecule has 0 saturated carbocycles. The molecule has 2 aliphatic heterocycles. The Bertz CT molecular complexity index is 346. The molecular weight excluding hydrogens is 278 g/mol. The normalized spacial score (nSPS) is 26.2. The van der Waals surface area contributed by atoms with E-state index in [2.05, 4.69) is 18.7 Å². The lowest BCUT2D eigenvalue weighted by atomic mass is 10.1. The van der Waals surface area contributed by atoms with Crippen molar-refractivity contribution >= 4 is 12.3 Å². The lowest BCUT2D eigenvalue weighted by Gasteiger charge is -2.28. The highest BCUT2D eigenvalue weighted by molar-refractivity contribution is 5.62. The van der Waals surface area contributed by atoms with Crippen LogP contribution in [0.4, 0.5) is 9.59 Å². The molecule has 0 amide bonds. The fraction of sp³-hybridized carbons (Fsp3) is 0.857. The van der Waals surface area contributed by atoms with Gasteiger partial charge in [0.05, 0.1) is 0 Å². The summed E-state index contributed by atoms with van der Waals surface area (Å²) in [5.74, 6) is 0.519. The van der Waals surface area contributed by atoms with Gasteiger partial charge >= 0.3 is 12.3 Å². The molecule has 3 unspecified atom stereocenters. The lowest BCUT2D eigenvalue weighted by Crippen LogP contribution is -2.41. The van der Waals surface area contributed by atoms with Crippen molar-refractivity contribution in [3.8, 4) is 0 Å². The van der Waals surface area contributed by atoms with E-state index in [1.54, 1.807) is 0 Å². The van der Waals surface area contributed by atoms with Crippen LogP contribution in [0.1, 0.15) is 26.7 Å². The predicted octanol–water partition coefficient (Wildman–Crippen LogP) is 1.80. The molecule has 2 fully saturated rings. The van der Waals surface area contributed by atoms with Crippen molar-refractivity contribution < 1.29 is 28.5 Å². The second kappa shape index (κ2) is 7.49. The molecule has 120 valence electrons. The van der Waals surface area contributed by atoms with E-state index in [0.717, 1.165) is 19.4 Å². The Morgan fingerprint density at radius 1 is 1.10 bits per heavy atom. The van der Waals surface area contributed by atoms with Crippen LogP contribution >= 0.6 is 0 Å². The summed E-state index contributed by atoms with van der Waals surface area (Å²) >= 11 is 0. The highest BCUT2D eigenvalue weighted by Gasteiger charge is 2.31. The Kier molecular flexibility index (Phi) is 5.67. The standard InChI is InChI=1S/C14H23NO6/c1-3-4-10(2)5-15(6-11-8-18-13(16)20-11)7-12-9-19-14(17)21-12/h10-12H,3-9H2,1-2H3. The Hall–Kier alpha value is -1.50. The molecule has 0 aromatic rings. The van der Waals surface area contributed by atoms with E-state index < -0.39 is 12.3 Å². The van der Waals surface area contributed by atoms with E-state index in [1.807, 2.05) is 0 Å². The van der Waals surface area contributed by atoms with Crippen LogP contribution in [0.5, 0.6) is 0 Å². The maximum absolute atomic E-state index is 11.0. The van der Waals surface area contributed by atoms with Crippen molar-refractivity contribution in [2.24, 2.45) is 5.92 Å². The van der Waals surface area contributed by atoms with Gasteiger partial charge in [-0.2, -0.15) is 0 Å². The SMILES string of the molecule is CCCC(C)CN(CC1COC(=O)O1)CC1COC(=O)O1. The number of ether oxygens (including phenoxy) is 4. The minimum atomic E-state index is -0.614. The molecule has 7 heteroatoms. The van der Waals surface area contributed by atoms with Crippen molar-refractivity contribution in [1.82, 2.24) is 4.90 Å². The first kappa shape index (κ1) is 15.9. The zero-order chi connectivity index (χ0) is 15.2. The summed E-state index contributed by atoms with van der Waals surface area (Å²) in [6, 6.07) is 0. The van der Waals surface area contributed by atoms with E-state index in [4.69, 9.17) is 18.9 Å². The quantitative estimate of drug-likeness (QED) is 0.633. The summed E-state index contributed by atoms with van der Waals surface area (Å²) in [6.07, 6.45) is 0.499. The van der Waals surface area contributed by atoms with E-state index >= 15 is 0 Å². The van der Waals surface area contributed by atoms with Gasteiger partial charge in [0, 0.05) is 19.6 Å². The van der Waals surface area contributed by atoms with Gasteiger partial charge in [0.1, 0.15) is 13.2 Å². The second-order valence-electron chi connectivity index (χ2n) is 5.71. The molecule has 2 heterocycles. The monoisotopic (exact) mass is 301 g/mol. The van der Waals surface area contributed by atoms with Gasteiger partial charge in [-0.1, -0.05) is 20.3 Å². The maximum atomic E-state index is 11.0. The molecule has 0 aliphatic carbocycles.